The standard InChI is InChI=1S/C56H70N10O12/c1-73-41-15-11-39(12-16-41)29-59-47-49(61(31-35-3-4-35)53(71)63(51(47)69)33-37-7-8-37)65(55(59)75-43-21-25-57-26-22-43)77-45(67)19-20-46(68)78-66-50-48(52(70)64(34-38-9-10-38)54(72)62(50)32-36-5-6-36)60(30-40-13-17-42(74-2)18-14-40)56(66)76-44-23-27-58-28-24-44/h11-20,35-38,43-44,55-58H,3-10,21-34H2,1-2H3/b20-19-. The van der Waals surface area contributed by atoms with E-state index in [0.717, 1.165) is 74.6 Å². The average Bonchev–Trinajstić information content (AvgIpc) is 4.42. The van der Waals surface area contributed by atoms with Crippen LogP contribution in [-0.2, 0) is 68.0 Å². The number of hydrogen-bond acceptors (Lipinski definition) is 18. The number of aromatic nitrogens is 4. The fraction of sp³-hybridized carbons (Fsp3) is 0.571. The summed E-state index contributed by atoms with van der Waals surface area (Å²) < 4.78 is 30.5. The van der Waals surface area contributed by atoms with Crippen LogP contribution in [0, 0.1) is 23.7 Å². The molecule has 0 bridgehead atoms. The first-order chi connectivity index (χ1) is 38.0. The molecule has 0 spiro atoms. The van der Waals surface area contributed by atoms with Crippen LogP contribution in [0.5, 0.6) is 11.5 Å². The molecule has 2 saturated heterocycles. The first-order valence-electron chi connectivity index (χ1n) is 28.0. The van der Waals surface area contributed by atoms with Crippen LogP contribution in [0.15, 0.2) is 79.9 Å². The number of ether oxygens (including phenoxy) is 4. The van der Waals surface area contributed by atoms with Gasteiger partial charge in [-0.2, -0.15) is 0 Å². The van der Waals surface area contributed by atoms with E-state index in [9.17, 15) is 28.8 Å². The average molecular weight is 1080 g/mol. The molecular formula is C56H70N10O12. The van der Waals surface area contributed by atoms with Gasteiger partial charge in [0, 0.05) is 51.4 Å². The minimum atomic E-state index is -1.19. The Balaban J connectivity index is 0.902. The van der Waals surface area contributed by atoms with Crippen molar-refractivity contribution in [3.8, 4) is 11.5 Å². The van der Waals surface area contributed by atoms with Crippen molar-refractivity contribution in [2.75, 3.05) is 60.3 Å². The third kappa shape index (κ3) is 11.1. The van der Waals surface area contributed by atoms with Crippen LogP contribution in [0.25, 0.3) is 0 Å². The Kier molecular flexibility index (Phi) is 14.7. The Bertz CT molecular complexity index is 2940. The number of nitrogens with zero attached hydrogens (tertiary/aromatic N) is 8. The Labute approximate surface area is 450 Å². The number of hydroxylamine groups is 2. The van der Waals surface area contributed by atoms with E-state index in [1.165, 1.54) is 19.3 Å². The SMILES string of the molecule is COc1ccc(CN2c3c(n(CC4CC4)c(=O)n(CC4CC4)c3=O)N(OC(=O)/C=C\C(=O)ON3c4c(c(=O)n(CC5CC5)c(=O)n4CC4CC4)N(Cc4ccc(OC)cc4)C3OC3CCNCC3)C2OC2CCNCC2)cc1. The third-order valence-electron chi connectivity index (χ3n) is 16.2. The first-order valence-corrected chi connectivity index (χ1v) is 28.0. The molecule has 4 aliphatic heterocycles. The number of benzene rings is 2. The molecule has 22 heteroatoms. The molecule has 12 rings (SSSR count). The predicted molar refractivity (Wildman–Crippen MR) is 287 cm³/mol. The van der Waals surface area contributed by atoms with E-state index in [1.807, 2.05) is 48.5 Å². The van der Waals surface area contributed by atoms with Crippen molar-refractivity contribution in [3.63, 3.8) is 0 Å². The van der Waals surface area contributed by atoms with E-state index in [1.54, 1.807) is 33.2 Å². The summed E-state index contributed by atoms with van der Waals surface area (Å²) in [5.74, 6) is 0.231. The molecule has 0 radical (unpaired) electrons. The number of methoxy groups -OCH3 is 2. The van der Waals surface area contributed by atoms with Crippen molar-refractivity contribution in [2.24, 2.45) is 23.7 Å². The van der Waals surface area contributed by atoms with E-state index < -0.39 is 47.1 Å². The minimum Gasteiger partial charge on any atom is -0.497 e. The molecular weight excluding hydrogens is 1000 g/mol. The summed E-state index contributed by atoms with van der Waals surface area (Å²) in [6.45, 7) is 4.17. The minimum absolute atomic E-state index is 0.102. The maximum atomic E-state index is 14.9. The fourth-order valence-electron chi connectivity index (χ4n) is 11.1. The Hall–Kier alpha value is -6.88. The molecule has 2 aromatic carbocycles. The number of rotatable bonds is 22. The highest BCUT2D eigenvalue weighted by molar-refractivity contribution is 5.93. The molecule has 6 fully saturated rings. The summed E-state index contributed by atoms with van der Waals surface area (Å²) in [7, 11) is 3.17. The summed E-state index contributed by atoms with van der Waals surface area (Å²) in [5, 5.41) is 9.19. The van der Waals surface area contributed by atoms with Crippen molar-refractivity contribution in [1.29, 1.82) is 0 Å². The molecule has 0 amide bonds. The maximum Gasteiger partial charge on any atom is 0.356 e. The number of fused-ring (bicyclic) bond motifs is 2. The van der Waals surface area contributed by atoms with Gasteiger partial charge in [0.2, 0.25) is 12.7 Å². The molecule has 4 saturated carbocycles. The summed E-state index contributed by atoms with van der Waals surface area (Å²) >= 11 is 0. The van der Waals surface area contributed by atoms with E-state index in [4.69, 9.17) is 28.6 Å². The molecule has 6 heterocycles. The molecule has 8 aliphatic rings. The molecule has 2 atom stereocenters. The van der Waals surface area contributed by atoms with Crippen LogP contribution in [0.1, 0.15) is 88.2 Å². The van der Waals surface area contributed by atoms with Gasteiger partial charge in [0.1, 0.15) is 11.5 Å². The Morgan fingerprint density at radius 2 is 0.821 bits per heavy atom. The Morgan fingerprint density at radius 3 is 1.14 bits per heavy atom. The molecule has 2 unspecified atom stereocenters. The van der Waals surface area contributed by atoms with Crippen molar-refractivity contribution in [1.82, 2.24) is 28.9 Å². The lowest BCUT2D eigenvalue weighted by Crippen LogP contribution is -2.50. The van der Waals surface area contributed by atoms with Crippen LogP contribution in [-0.4, -0.2) is 95.5 Å². The molecule has 2 aromatic heterocycles. The number of nitrogens with one attached hydrogen (secondary N) is 2. The second-order valence-corrected chi connectivity index (χ2v) is 22.3. The van der Waals surface area contributed by atoms with Crippen LogP contribution >= 0.6 is 0 Å². The summed E-state index contributed by atoms with van der Waals surface area (Å²) in [5.41, 5.74) is -0.0401. The van der Waals surface area contributed by atoms with E-state index in [0.29, 0.717) is 76.5 Å². The molecule has 22 nitrogen and oxygen atoms in total. The molecule has 4 aromatic rings. The van der Waals surface area contributed by atoms with E-state index in [2.05, 4.69) is 10.6 Å². The van der Waals surface area contributed by atoms with Crippen molar-refractivity contribution in [2.45, 2.75) is 141 Å². The zero-order valence-corrected chi connectivity index (χ0v) is 44.4. The van der Waals surface area contributed by atoms with Crippen LogP contribution in [0.2, 0.25) is 0 Å². The van der Waals surface area contributed by atoms with Crippen molar-refractivity contribution in [3.05, 3.63) is 113 Å². The summed E-state index contributed by atoms with van der Waals surface area (Å²) in [6, 6.07) is 14.9. The normalized spacial score (nSPS) is 21.6. The molecule has 78 heavy (non-hydrogen) atoms. The van der Waals surface area contributed by atoms with Gasteiger partial charge in [-0.15, -0.1) is 10.1 Å². The van der Waals surface area contributed by atoms with Gasteiger partial charge in [-0.25, -0.2) is 19.2 Å². The van der Waals surface area contributed by atoms with Crippen LogP contribution < -0.4 is 62.5 Å². The number of carbonyl (C=O) groups excluding carboxylic acids is 2. The van der Waals surface area contributed by atoms with Gasteiger partial charge < -0.3 is 49.1 Å². The second kappa shape index (κ2) is 22.1. The highest BCUT2D eigenvalue weighted by Gasteiger charge is 2.49. The second-order valence-electron chi connectivity index (χ2n) is 22.3. The van der Waals surface area contributed by atoms with Gasteiger partial charge in [-0.05, 0) is 162 Å². The van der Waals surface area contributed by atoms with E-state index >= 15 is 0 Å². The molecule has 4 aliphatic carbocycles. The van der Waals surface area contributed by atoms with Crippen LogP contribution in [0.3, 0.4) is 0 Å². The zero-order chi connectivity index (χ0) is 53.6. The third-order valence-corrected chi connectivity index (χ3v) is 16.2. The van der Waals surface area contributed by atoms with Gasteiger partial charge in [0.05, 0.1) is 26.4 Å². The zero-order valence-electron chi connectivity index (χ0n) is 44.4. The van der Waals surface area contributed by atoms with Gasteiger partial charge >= 0.3 is 23.3 Å². The predicted octanol–water partition coefficient (Wildman–Crippen LogP) is 3.92. The highest BCUT2D eigenvalue weighted by atomic mass is 16.8. The maximum absolute atomic E-state index is 14.9. The smallest absolute Gasteiger partial charge is 0.356 e. The highest BCUT2D eigenvalue weighted by Crippen LogP contribution is 2.44. The largest absolute Gasteiger partial charge is 0.497 e. The number of anilines is 4. The molecule has 416 valence electrons. The topological polar surface area (TPSA) is 215 Å². The Morgan fingerprint density at radius 1 is 0.487 bits per heavy atom. The van der Waals surface area contributed by atoms with Crippen molar-refractivity contribution < 1.29 is 38.2 Å². The van der Waals surface area contributed by atoms with Gasteiger partial charge in [-0.3, -0.25) is 27.9 Å². The first kappa shape index (κ1) is 51.9. The van der Waals surface area contributed by atoms with Crippen molar-refractivity contribution >= 4 is 34.9 Å². The van der Waals surface area contributed by atoms with E-state index in [-0.39, 0.29) is 85.1 Å². The van der Waals surface area contributed by atoms with Gasteiger partial charge in [0.25, 0.3) is 11.1 Å². The fourth-order valence-corrected chi connectivity index (χ4v) is 11.1. The monoisotopic (exact) mass is 1070 g/mol. The quantitative estimate of drug-likeness (QED) is 0.107. The molecule has 2 N–H and O–H groups in total. The van der Waals surface area contributed by atoms with Crippen LogP contribution in [0.4, 0.5) is 23.0 Å². The lowest BCUT2D eigenvalue weighted by atomic mass is 10.1. The van der Waals surface area contributed by atoms with Gasteiger partial charge in [-0.1, -0.05) is 24.3 Å². The lowest BCUT2D eigenvalue weighted by Gasteiger charge is -2.35. The summed E-state index contributed by atoms with van der Waals surface area (Å²) in [6.07, 6.45) is 8.66. The van der Waals surface area contributed by atoms with Gasteiger partial charge in [0.15, 0.2) is 23.0 Å². The number of piperidine rings is 2. The number of hydrogen-bond donors (Lipinski definition) is 2. The number of carbonyl (C=O) groups is 2. The summed E-state index contributed by atoms with van der Waals surface area (Å²) in [4.78, 5) is 104. The lowest BCUT2D eigenvalue weighted by molar-refractivity contribution is -0.150.